The Balaban J connectivity index is 2.52. The first-order valence-electron chi connectivity index (χ1n) is 6.21. The molecule has 0 bridgehead atoms. The van der Waals surface area contributed by atoms with E-state index in [-0.39, 0.29) is 5.91 Å². The molecule has 3 heteroatoms. The van der Waals surface area contributed by atoms with Gasteiger partial charge >= 0.3 is 0 Å². The summed E-state index contributed by atoms with van der Waals surface area (Å²) in [6.07, 6.45) is 4.38. The van der Waals surface area contributed by atoms with E-state index < -0.39 is 0 Å². The van der Waals surface area contributed by atoms with E-state index in [1.54, 1.807) is 0 Å². The lowest BCUT2D eigenvalue weighted by atomic mass is 10.1. The van der Waals surface area contributed by atoms with Gasteiger partial charge in [0.05, 0.1) is 0 Å². The number of nitrogens with one attached hydrogen (secondary N) is 1. The third-order valence-corrected chi connectivity index (χ3v) is 2.87. The van der Waals surface area contributed by atoms with E-state index in [2.05, 4.69) is 18.3 Å². The highest BCUT2D eigenvalue weighted by Gasteiger charge is 2.05. The van der Waals surface area contributed by atoms with E-state index in [1.165, 1.54) is 5.56 Å². The van der Waals surface area contributed by atoms with Crippen molar-refractivity contribution in [3.8, 4) is 0 Å². The average Bonchev–Trinajstić information content (AvgIpc) is 2.32. The van der Waals surface area contributed by atoms with Crippen molar-refractivity contribution in [1.29, 1.82) is 0 Å². The van der Waals surface area contributed by atoms with Gasteiger partial charge in [-0.3, -0.25) is 4.79 Å². The number of anilines is 1. The molecule has 1 aromatic carbocycles. The number of amides is 1. The van der Waals surface area contributed by atoms with Gasteiger partial charge in [0.2, 0.25) is 5.91 Å². The Morgan fingerprint density at radius 1 is 1.29 bits per heavy atom. The second kappa shape index (κ2) is 8.13. The average molecular weight is 254 g/mol. The Bertz CT molecular complexity index is 352. The summed E-state index contributed by atoms with van der Waals surface area (Å²) in [6.45, 7) is 2.14. The maximum atomic E-state index is 11.7. The SMILES string of the molecule is CCCc1ccccc1NC(=O)CCCCCl. The van der Waals surface area contributed by atoms with E-state index in [9.17, 15) is 4.79 Å². The summed E-state index contributed by atoms with van der Waals surface area (Å²) in [5, 5.41) is 2.97. The fourth-order valence-electron chi connectivity index (χ4n) is 1.72. The zero-order chi connectivity index (χ0) is 12.5. The summed E-state index contributed by atoms with van der Waals surface area (Å²) in [4.78, 5) is 11.7. The van der Waals surface area contributed by atoms with E-state index in [4.69, 9.17) is 11.6 Å². The second-order valence-corrected chi connectivity index (χ2v) is 4.48. The zero-order valence-electron chi connectivity index (χ0n) is 10.3. The van der Waals surface area contributed by atoms with Gasteiger partial charge in [-0.2, -0.15) is 0 Å². The molecule has 0 radical (unpaired) electrons. The topological polar surface area (TPSA) is 29.1 Å². The van der Waals surface area contributed by atoms with E-state index in [1.807, 2.05) is 18.2 Å². The van der Waals surface area contributed by atoms with Gasteiger partial charge in [-0.15, -0.1) is 11.6 Å². The third-order valence-electron chi connectivity index (χ3n) is 2.60. The molecule has 1 aromatic rings. The Morgan fingerprint density at radius 3 is 2.76 bits per heavy atom. The van der Waals surface area contributed by atoms with Crippen LogP contribution in [0.2, 0.25) is 0 Å². The third kappa shape index (κ3) is 5.22. The molecular formula is C14H20ClNO. The molecule has 0 aliphatic carbocycles. The number of carbonyl (C=O) groups is 1. The van der Waals surface area contributed by atoms with Crippen molar-refractivity contribution in [2.45, 2.75) is 39.0 Å². The molecule has 0 fully saturated rings. The van der Waals surface area contributed by atoms with Gasteiger partial charge in [-0.25, -0.2) is 0 Å². The maximum absolute atomic E-state index is 11.7. The van der Waals surface area contributed by atoms with Crippen LogP contribution in [0.4, 0.5) is 5.69 Å². The standard InChI is InChI=1S/C14H20ClNO/c1-2-7-12-8-3-4-9-13(12)16-14(17)10-5-6-11-15/h3-4,8-9H,2,5-7,10-11H2,1H3,(H,16,17). The summed E-state index contributed by atoms with van der Waals surface area (Å²) < 4.78 is 0. The van der Waals surface area contributed by atoms with Gasteiger partial charge < -0.3 is 5.32 Å². The number of benzene rings is 1. The van der Waals surface area contributed by atoms with Crippen LogP contribution in [-0.4, -0.2) is 11.8 Å². The van der Waals surface area contributed by atoms with Crippen LogP contribution in [0, 0.1) is 0 Å². The number of halogens is 1. The number of unbranched alkanes of at least 4 members (excludes halogenated alkanes) is 1. The molecule has 0 aliphatic rings. The first kappa shape index (κ1) is 14.0. The normalized spacial score (nSPS) is 10.2. The lowest BCUT2D eigenvalue weighted by Crippen LogP contribution is -2.12. The molecule has 0 spiro atoms. The summed E-state index contributed by atoms with van der Waals surface area (Å²) in [6, 6.07) is 7.99. The van der Waals surface area contributed by atoms with Crippen LogP contribution in [0.25, 0.3) is 0 Å². The smallest absolute Gasteiger partial charge is 0.224 e. The summed E-state index contributed by atoms with van der Waals surface area (Å²) >= 11 is 5.58. The monoisotopic (exact) mass is 253 g/mol. The predicted molar refractivity (Wildman–Crippen MR) is 73.6 cm³/mol. The highest BCUT2D eigenvalue weighted by atomic mass is 35.5. The summed E-state index contributed by atoms with van der Waals surface area (Å²) in [5.74, 6) is 0.707. The number of aryl methyl sites for hydroxylation is 1. The second-order valence-electron chi connectivity index (χ2n) is 4.10. The molecule has 0 saturated heterocycles. The number of hydrogen-bond donors (Lipinski definition) is 1. The molecule has 0 saturated carbocycles. The van der Waals surface area contributed by atoms with Crippen LogP contribution < -0.4 is 5.32 Å². The molecule has 1 N–H and O–H groups in total. The summed E-state index contributed by atoms with van der Waals surface area (Å²) in [5.41, 5.74) is 2.16. The largest absolute Gasteiger partial charge is 0.326 e. The first-order valence-corrected chi connectivity index (χ1v) is 6.75. The Labute approximate surface area is 108 Å². The van der Waals surface area contributed by atoms with Crippen LogP contribution in [0.3, 0.4) is 0 Å². The number of alkyl halides is 1. The lowest BCUT2D eigenvalue weighted by Gasteiger charge is -2.10. The molecule has 94 valence electrons. The molecule has 0 aromatic heterocycles. The minimum Gasteiger partial charge on any atom is -0.326 e. The quantitative estimate of drug-likeness (QED) is 0.578. The molecule has 1 amide bonds. The van der Waals surface area contributed by atoms with Crippen molar-refractivity contribution in [1.82, 2.24) is 0 Å². The fraction of sp³-hybridized carbons (Fsp3) is 0.500. The Hall–Kier alpha value is -1.02. The number of carbonyl (C=O) groups excluding carboxylic acids is 1. The van der Waals surface area contributed by atoms with Crippen molar-refractivity contribution in [3.05, 3.63) is 29.8 Å². The van der Waals surface area contributed by atoms with Crippen LogP contribution in [-0.2, 0) is 11.2 Å². The van der Waals surface area contributed by atoms with Gasteiger partial charge in [0.1, 0.15) is 0 Å². The van der Waals surface area contributed by atoms with Crippen molar-refractivity contribution in [2.24, 2.45) is 0 Å². The zero-order valence-corrected chi connectivity index (χ0v) is 11.1. The minimum absolute atomic E-state index is 0.0821. The number of rotatable bonds is 7. The van der Waals surface area contributed by atoms with Crippen LogP contribution in [0.15, 0.2) is 24.3 Å². The molecule has 0 atom stereocenters. The van der Waals surface area contributed by atoms with Gasteiger partial charge in [0.25, 0.3) is 0 Å². The van der Waals surface area contributed by atoms with Crippen molar-refractivity contribution in [2.75, 3.05) is 11.2 Å². The van der Waals surface area contributed by atoms with Crippen molar-refractivity contribution >= 4 is 23.2 Å². The Kier molecular flexibility index (Phi) is 6.71. The summed E-state index contributed by atoms with van der Waals surface area (Å²) in [7, 11) is 0. The van der Waals surface area contributed by atoms with Crippen LogP contribution in [0.5, 0.6) is 0 Å². The van der Waals surface area contributed by atoms with Gasteiger partial charge in [0.15, 0.2) is 0 Å². The van der Waals surface area contributed by atoms with Gasteiger partial charge in [0, 0.05) is 18.0 Å². The maximum Gasteiger partial charge on any atom is 0.224 e. The van der Waals surface area contributed by atoms with Crippen molar-refractivity contribution < 1.29 is 4.79 Å². The minimum atomic E-state index is 0.0821. The Morgan fingerprint density at radius 2 is 2.06 bits per heavy atom. The highest BCUT2D eigenvalue weighted by molar-refractivity contribution is 6.17. The van der Waals surface area contributed by atoms with Crippen LogP contribution >= 0.6 is 11.6 Å². The fourth-order valence-corrected chi connectivity index (χ4v) is 1.91. The highest BCUT2D eigenvalue weighted by Crippen LogP contribution is 2.17. The van der Waals surface area contributed by atoms with Gasteiger partial charge in [-0.1, -0.05) is 31.5 Å². The van der Waals surface area contributed by atoms with Gasteiger partial charge in [-0.05, 0) is 30.9 Å². The number of para-hydroxylation sites is 1. The molecule has 0 heterocycles. The van der Waals surface area contributed by atoms with Crippen LogP contribution in [0.1, 0.15) is 38.2 Å². The molecule has 0 unspecified atom stereocenters. The van der Waals surface area contributed by atoms with E-state index in [0.717, 1.165) is 31.4 Å². The molecular weight excluding hydrogens is 234 g/mol. The van der Waals surface area contributed by atoms with E-state index >= 15 is 0 Å². The molecule has 2 nitrogen and oxygen atoms in total. The number of hydrogen-bond acceptors (Lipinski definition) is 1. The lowest BCUT2D eigenvalue weighted by molar-refractivity contribution is -0.116. The first-order chi connectivity index (χ1) is 8.27. The van der Waals surface area contributed by atoms with E-state index in [0.29, 0.717) is 12.3 Å². The predicted octanol–water partition coefficient (Wildman–Crippen LogP) is 3.99. The van der Waals surface area contributed by atoms with Crippen molar-refractivity contribution in [3.63, 3.8) is 0 Å². The molecule has 17 heavy (non-hydrogen) atoms. The molecule has 1 rings (SSSR count). The molecule has 0 aliphatic heterocycles.